The molecule has 2 heterocycles. The molecule has 0 saturated carbocycles. The Morgan fingerprint density at radius 2 is 1.90 bits per heavy atom. The second-order valence-corrected chi connectivity index (χ2v) is 8.54. The van der Waals surface area contributed by atoms with E-state index in [0.717, 1.165) is 65.5 Å². The molecule has 6 heteroatoms. The van der Waals surface area contributed by atoms with Crippen molar-refractivity contribution in [1.82, 2.24) is 9.47 Å². The summed E-state index contributed by atoms with van der Waals surface area (Å²) in [5.41, 5.74) is 2.86. The number of carbonyl (C=O) groups excluding carboxylic acids is 1. The zero-order valence-electron chi connectivity index (χ0n) is 16.1. The summed E-state index contributed by atoms with van der Waals surface area (Å²) in [7, 11) is 0. The number of rotatable bonds is 6. The molecular formula is C23H23BrFN2O2-. The lowest BCUT2D eigenvalue weighted by molar-refractivity contribution is -0.304. The zero-order chi connectivity index (χ0) is 20.4. The van der Waals surface area contributed by atoms with Crippen LogP contribution in [0.4, 0.5) is 4.39 Å². The van der Waals surface area contributed by atoms with Gasteiger partial charge in [-0.15, -0.1) is 0 Å². The summed E-state index contributed by atoms with van der Waals surface area (Å²) in [6.45, 7) is 2.91. The van der Waals surface area contributed by atoms with Gasteiger partial charge in [0, 0.05) is 49.0 Å². The molecule has 1 saturated heterocycles. The monoisotopic (exact) mass is 457 g/mol. The predicted molar refractivity (Wildman–Crippen MR) is 113 cm³/mol. The molecule has 0 radical (unpaired) electrons. The average Bonchev–Trinajstić information content (AvgIpc) is 3.01. The van der Waals surface area contributed by atoms with Crippen molar-refractivity contribution in [2.75, 3.05) is 19.6 Å². The van der Waals surface area contributed by atoms with Gasteiger partial charge in [0.25, 0.3) is 0 Å². The van der Waals surface area contributed by atoms with E-state index in [1.807, 2.05) is 24.3 Å². The number of hydrogen-bond donors (Lipinski definition) is 0. The first-order chi connectivity index (χ1) is 14.0. The Bertz CT molecular complexity index is 1020. The number of hydrogen-bond acceptors (Lipinski definition) is 3. The standard InChI is InChI=1S/C23H24BrFN2O2/c24-22-15-18-5-4-17(14-23(28)29)13-21(18)27(22)20-7-10-26(11-8-20)9-6-16-2-1-3-19(25)12-16/h1-5,12-13,15,20H,6-11,14H2,(H,28,29)/p-1. The van der Waals surface area contributed by atoms with Gasteiger partial charge in [0.05, 0.1) is 4.60 Å². The molecule has 4 nitrogen and oxygen atoms in total. The fourth-order valence-corrected chi connectivity index (χ4v) is 4.99. The molecule has 1 aliphatic rings. The normalized spacial score (nSPS) is 15.8. The van der Waals surface area contributed by atoms with Gasteiger partial charge in [-0.05, 0) is 70.6 Å². The number of fused-ring (bicyclic) bond motifs is 1. The van der Waals surface area contributed by atoms with Gasteiger partial charge in [0.1, 0.15) is 5.82 Å². The number of aromatic nitrogens is 1. The number of carboxylic acid groups (broad SMARTS) is 1. The molecule has 0 bridgehead atoms. The van der Waals surface area contributed by atoms with E-state index in [1.54, 1.807) is 12.1 Å². The summed E-state index contributed by atoms with van der Waals surface area (Å²) in [5, 5.41) is 12.1. The molecule has 0 N–H and O–H groups in total. The van der Waals surface area contributed by atoms with E-state index in [2.05, 4.69) is 31.5 Å². The van der Waals surface area contributed by atoms with Crippen LogP contribution in [0.15, 0.2) is 53.1 Å². The van der Waals surface area contributed by atoms with Gasteiger partial charge in [-0.3, -0.25) is 0 Å². The molecule has 1 aromatic heterocycles. The molecule has 152 valence electrons. The molecule has 0 spiro atoms. The Morgan fingerprint density at radius 3 is 2.62 bits per heavy atom. The molecule has 2 aromatic carbocycles. The highest BCUT2D eigenvalue weighted by molar-refractivity contribution is 9.10. The third-order valence-electron chi connectivity index (χ3n) is 5.74. The summed E-state index contributed by atoms with van der Waals surface area (Å²) in [5.74, 6) is -1.24. The summed E-state index contributed by atoms with van der Waals surface area (Å²) >= 11 is 3.69. The highest BCUT2D eigenvalue weighted by Gasteiger charge is 2.23. The minimum atomic E-state index is -1.06. The minimum absolute atomic E-state index is 0.0722. The van der Waals surface area contributed by atoms with Crippen LogP contribution in [0.1, 0.15) is 30.0 Å². The van der Waals surface area contributed by atoms with Crippen molar-refractivity contribution in [1.29, 1.82) is 0 Å². The van der Waals surface area contributed by atoms with Crippen LogP contribution >= 0.6 is 15.9 Å². The first kappa shape index (κ1) is 20.1. The number of carboxylic acids is 1. The Morgan fingerprint density at radius 1 is 1.10 bits per heavy atom. The van der Waals surface area contributed by atoms with E-state index in [1.165, 1.54) is 6.07 Å². The van der Waals surface area contributed by atoms with Crippen LogP contribution in [0.5, 0.6) is 0 Å². The van der Waals surface area contributed by atoms with Crippen molar-refractivity contribution >= 4 is 32.8 Å². The second kappa shape index (κ2) is 8.67. The molecular weight excluding hydrogens is 435 g/mol. The molecule has 0 aliphatic carbocycles. The lowest BCUT2D eigenvalue weighted by Gasteiger charge is -2.33. The molecule has 4 rings (SSSR count). The van der Waals surface area contributed by atoms with E-state index >= 15 is 0 Å². The maximum atomic E-state index is 13.3. The Balaban J connectivity index is 1.43. The highest BCUT2D eigenvalue weighted by Crippen LogP contribution is 2.33. The van der Waals surface area contributed by atoms with Gasteiger partial charge in [0.2, 0.25) is 0 Å². The first-order valence-corrected chi connectivity index (χ1v) is 10.7. The van der Waals surface area contributed by atoms with Crippen LogP contribution in [0.3, 0.4) is 0 Å². The highest BCUT2D eigenvalue weighted by atomic mass is 79.9. The number of aliphatic carboxylic acids is 1. The predicted octanol–water partition coefficient (Wildman–Crippen LogP) is 3.71. The van der Waals surface area contributed by atoms with Crippen LogP contribution in [0.2, 0.25) is 0 Å². The third kappa shape index (κ3) is 4.70. The largest absolute Gasteiger partial charge is 0.550 e. The van der Waals surface area contributed by atoms with Gasteiger partial charge >= 0.3 is 0 Å². The third-order valence-corrected chi connectivity index (χ3v) is 6.35. The van der Waals surface area contributed by atoms with Gasteiger partial charge in [0.15, 0.2) is 0 Å². The smallest absolute Gasteiger partial charge is 0.123 e. The molecule has 1 fully saturated rings. The number of piperidine rings is 1. The molecule has 3 aromatic rings. The second-order valence-electron chi connectivity index (χ2n) is 7.73. The van der Waals surface area contributed by atoms with E-state index in [4.69, 9.17) is 0 Å². The van der Waals surface area contributed by atoms with Crippen LogP contribution in [0.25, 0.3) is 10.9 Å². The van der Waals surface area contributed by atoms with Crippen LogP contribution in [0, 0.1) is 5.82 Å². The molecule has 0 atom stereocenters. The Hall–Kier alpha value is -2.18. The van der Waals surface area contributed by atoms with Crippen LogP contribution < -0.4 is 5.11 Å². The fraction of sp³-hybridized carbons (Fsp3) is 0.348. The Kier molecular flexibility index (Phi) is 6.01. The van der Waals surface area contributed by atoms with Crippen molar-refractivity contribution in [2.45, 2.75) is 31.7 Å². The van der Waals surface area contributed by atoms with Crippen molar-refractivity contribution < 1.29 is 14.3 Å². The Labute approximate surface area is 178 Å². The summed E-state index contributed by atoms with van der Waals surface area (Å²) < 4.78 is 16.7. The molecule has 1 aliphatic heterocycles. The minimum Gasteiger partial charge on any atom is -0.550 e. The first-order valence-electron chi connectivity index (χ1n) is 9.95. The molecule has 29 heavy (non-hydrogen) atoms. The number of halogens is 2. The van der Waals surface area contributed by atoms with E-state index < -0.39 is 5.97 Å². The van der Waals surface area contributed by atoms with Gasteiger partial charge in [-0.1, -0.05) is 24.3 Å². The number of benzene rings is 2. The van der Waals surface area contributed by atoms with Crippen molar-refractivity contribution in [3.8, 4) is 0 Å². The van der Waals surface area contributed by atoms with Gasteiger partial charge in [-0.2, -0.15) is 0 Å². The van der Waals surface area contributed by atoms with Crippen LogP contribution in [-0.2, 0) is 17.6 Å². The summed E-state index contributed by atoms with van der Waals surface area (Å²) in [4.78, 5) is 13.4. The molecule has 0 amide bonds. The van der Waals surface area contributed by atoms with Crippen LogP contribution in [-0.4, -0.2) is 35.1 Å². The van der Waals surface area contributed by atoms with Gasteiger partial charge in [-0.25, -0.2) is 4.39 Å². The maximum Gasteiger partial charge on any atom is 0.123 e. The fourth-order valence-electron chi connectivity index (χ4n) is 4.26. The average molecular weight is 458 g/mol. The quantitative estimate of drug-likeness (QED) is 0.566. The summed E-state index contributed by atoms with van der Waals surface area (Å²) in [6.07, 6.45) is 2.83. The van der Waals surface area contributed by atoms with E-state index in [-0.39, 0.29) is 12.2 Å². The lowest BCUT2D eigenvalue weighted by atomic mass is 10.0. The lowest BCUT2D eigenvalue weighted by Crippen LogP contribution is -2.36. The number of nitrogens with zero attached hydrogens (tertiary/aromatic N) is 2. The SMILES string of the molecule is O=C([O-])Cc1ccc2cc(Br)n(C3CCN(CCc4cccc(F)c4)CC3)c2c1. The van der Waals surface area contributed by atoms with Crippen molar-refractivity contribution in [3.05, 3.63) is 70.1 Å². The molecule has 0 unspecified atom stereocenters. The van der Waals surface area contributed by atoms with Crippen molar-refractivity contribution in [3.63, 3.8) is 0 Å². The zero-order valence-corrected chi connectivity index (χ0v) is 17.7. The number of carbonyl (C=O) groups is 1. The number of likely N-dealkylation sites (tertiary alicyclic amines) is 1. The maximum absolute atomic E-state index is 13.3. The topological polar surface area (TPSA) is 48.3 Å². The van der Waals surface area contributed by atoms with Gasteiger partial charge < -0.3 is 19.4 Å². The van der Waals surface area contributed by atoms with Crippen molar-refractivity contribution in [2.24, 2.45) is 0 Å². The summed E-state index contributed by atoms with van der Waals surface area (Å²) in [6, 6.07) is 15.1. The van der Waals surface area contributed by atoms with E-state index in [0.29, 0.717) is 6.04 Å². The van der Waals surface area contributed by atoms with E-state index in [9.17, 15) is 14.3 Å².